The maximum atomic E-state index is 12.4. The standard InChI is InChI=1S/C14H13N5OS2/c1-3-7-22-13-9(5-4-6-16-13)12(20)17-11-10(8-15)14(21-2)19-18-11/h3-6H,1,7H2,2H3,(H2,17,18,19,20). The van der Waals surface area contributed by atoms with Gasteiger partial charge in [-0.15, -0.1) is 30.1 Å². The number of anilines is 1. The van der Waals surface area contributed by atoms with E-state index in [-0.39, 0.29) is 5.91 Å². The molecule has 0 saturated heterocycles. The molecule has 0 aromatic carbocycles. The molecular formula is C14H13N5OS2. The number of thioether (sulfide) groups is 2. The van der Waals surface area contributed by atoms with E-state index in [0.717, 1.165) is 0 Å². The van der Waals surface area contributed by atoms with E-state index in [1.807, 2.05) is 12.3 Å². The summed E-state index contributed by atoms with van der Waals surface area (Å²) in [6.45, 7) is 3.65. The highest BCUT2D eigenvalue weighted by Crippen LogP contribution is 2.25. The van der Waals surface area contributed by atoms with Crippen LogP contribution in [0.1, 0.15) is 15.9 Å². The summed E-state index contributed by atoms with van der Waals surface area (Å²) in [5.74, 6) is 0.606. The number of H-pyrrole nitrogens is 1. The Bertz CT molecular complexity index is 735. The van der Waals surface area contributed by atoms with Crippen LogP contribution in [0, 0.1) is 11.3 Å². The minimum atomic E-state index is -0.340. The largest absolute Gasteiger partial charge is 0.306 e. The van der Waals surface area contributed by atoms with E-state index in [9.17, 15) is 10.1 Å². The molecule has 0 aliphatic heterocycles. The molecule has 1 amide bonds. The number of nitrogens with zero attached hydrogens (tertiary/aromatic N) is 3. The molecule has 0 aliphatic carbocycles. The Morgan fingerprint density at radius 3 is 3.09 bits per heavy atom. The van der Waals surface area contributed by atoms with Gasteiger partial charge in [-0.05, 0) is 18.4 Å². The summed E-state index contributed by atoms with van der Waals surface area (Å²) in [5.41, 5.74) is 0.767. The quantitative estimate of drug-likeness (QED) is 0.624. The van der Waals surface area contributed by atoms with E-state index >= 15 is 0 Å². The highest BCUT2D eigenvalue weighted by Gasteiger charge is 2.17. The zero-order chi connectivity index (χ0) is 15.9. The zero-order valence-corrected chi connectivity index (χ0v) is 13.4. The monoisotopic (exact) mass is 331 g/mol. The number of pyridine rings is 1. The van der Waals surface area contributed by atoms with Crippen LogP contribution in [0.2, 0.25) is 0 Å². The van der Waals surface area contributed by atoms with Gasteiger partial charge in [0.05, 0.1) is 5.56 Å². The number of amides is 1. The van der Waals surface area contributed by atoms with Crippen molar-refractivity contribution in [1.82, 2.24) is 15.2 Å². The molecule has 6 nitrogen and oxygen atoms in total. The number of carbonyl (C=O) groups is 1. The van der Waals surface area contributed by atoms with Crippen molar-refractivity contribution in [2.24, 2.45) is 0 Å². The van der Waals surface area contributed by atoms with Crippen LogP contribution in [-0.4, -0.2) is 33.1 Å². The van der Waals surface area contributed by atoms with Crippen molar-refractivity contribution < 1.29 is 4.79 Å². The number of hydrogen-bond acceptors (Lipinski definition) is 6. The van der Waals surface area contributed by atoms with Gasteiger partial charge in [0, 0.05) is 11.9 Å². The third-order valence-corrected chi connectivity index (χ3v) is 4.31. The van der Waals surface area contributed by atoms with E-state index in [2.05, 4.69) is 27.1 Å². The van der Waals surface area contributed by atoms with E-state index in [1.165, 1.54) is 23.5 Å². The van der Waals surface area contributed by atoms with Crippen LogP contribution < -0.4 is 5.32 Å². The summed E-state index contributed by atoms with van der Waals surface area (Å²) < 4.78 is 0. The van der Waals surface area contributed by atoms with E-state index < -0.39 is 0 Å². The van der Waals surface area contributed by atoms with Crippen LogP contribution >= 0.6 is 23.5 Å². The smallest absolute Gasteiger partial charge is 0.259 e. The number of aromatic nitrogens is 3. The molecule has 0 spiro atoms. The van der Waals surface area contributed by atoms with Gasteiger partial charge in [-0.3, -0.25) is 9.89 Å². The van der Waals surface area contributed by atoms with E-state index in [4.69, 9.17) is 0 Å². The molecule has 8 heteroatoms. The molecule has 2 N–H and O–H groups in total. The number of nitriles is 1. The van der Waals surface area contributed by atoms with Gasteiger partial charge in [0.15, 0.2) is 0 Å². The molecule has 0 unspecified atom stereocenters. The Kier molecular flexibility index (Phi) is 5.63. The summed E-state index contributed by atoms with van der Waals surface area (Å²) in [4.78, 5) is 16.6. The molecule has 0 saturated carbocycles. The lowest BCUT2D eigenvalue weighted by atomic mass is 10.2. The molecule has 0 bridgehead atoms. The average molecular weight is 331 g/mol. The normalized spacial score (nSPS) is 10.0. The van der Waals surface area contributed by atoms with Crippen molar-refractivity contribution in [2.45, 2.75) is 10.1 Å². The first-order chi connectivity index (χ1) is 10.7. The number of nitrogens with one attached hydrogen (secondary N) is 2. The Hall–Kier alpha value is -2.24. The van der Waals surface area contributed by atoms with Crippen molar-refractivity contribution in [1.29, 1.82) is 5.26 Å². The fourth-order valence-electron chi connectivity index (χ4n) is 1.66. The molecule has 0 radical (unpaired) electrons. The molecule has 2 aromatic rings. The summed E-state index contributed by atoms with van der Waals surface area (Å²) >= 11 is 2.75. The SMILES string of the molecule is C=CCSc1ncccc1C(=O)Nc1[nH]nc(SC)c1C#N. The van der Waals surface area contributed by atoms with Crippen LogP contribution in [0.25, 0.3) is 0 Å². The lowest BCUT2D eigenvalue weighted by molar-refractivity contribution is 0.102. The maximum absolute atomic E-state index is 12.4. The lowest BCUT2D eigenvalue weighted by Gasteiger charge is -2.07. The molecule has 0 aliphatic rings. The van der Waals surface area contributed by atoms with Crippen molar-refractivity contribution in [3.05, 3.63) is 42.1 Å². The third kappa shape index (κ3) is 3.50. The average Bonchev–Trinajstić information content (AvgIpc) is 2.94. The first kappa shape index (κ1) is 16.1. The van der Waals surface area contributed by atoms with Gasteiger partial charge in [0.25, 0.3) is 5.91 Å². The summed E-state index contributed by atoms with van der Waals surface area (Å²) in [5, 5.41) is 19.7. The number of hydrogen-bond donors (Lipinski definition) is 2. The molecule has 22 heavy (non-hydrogen) atoms. The fourth-order valence-corrected chi connectivity index (χ4v) is 2.88. The predicted molar refractivity (Wildman–Crippen MR) is 88.2 cm³/mol. The van der Waals surface area contributed by atoms with Crippen LogP contribution in [0.4, 0.5) is 5.82 Å². The van der Waals surface area contributed by atoms with Crippen molar-refractivity contribution in [3.63, 3.8) is 0 Å². The Morgan fingerprint density at radius 2 is 2.41 bits per heavy atom. The van der Waals surface area contributed by atoms with Gasteiger partial charge >= 0.3 is 0 Å². The topological polar surface area (TPSA) is 94.5 Å². The molecule has 2 aromatic heterocycles. The second-order valence-electron chi connectivity index (χ2n) is 4.00. The van der Waals surface area contributed by atoms with Crippen molar-refractivity contribution in [3.8, 4) is 6.07 Å². The second-order valence-corrected chi connectivity index (χ2v) is 5.81. The fraction of sp³-hybridized carbons (Fsp3) is 0.143. The number of rotatable bonds is 6. The van der Waals surface area contributed by atoms with Crippen LogP contribution in [0.5, 0.6) is 0 Å². The van der Waals surface area contributed by atoms with Crippen LogP contribution in [0.3, 0.4) is 0 Å². The molecule has 0 atom stereocenters. The molecule has 112 valence electrons. The zero-order valence-electron chi connectivity index (χ0n) is 11.8. The van der Waals surface area contributed by atoms with Gasteiger partial charge in [0.1, 0.15) is 27.5 Å². The minimum Gasteiger partial charge on any atom is -0.306 e. The van der Waals surface area contributed by atoms with Gasteiger partial charge < -0.3 is 5.32 Å². The van der Waals surface area contributed by atoms with E-state index in [1.54, 1.807) is 24.4 Å². The van der Waals surface area contributed by atoms with Gasteiger partial charge in [-0.25, -0.2) is 4.98 Å². The summed E-state index contributed by atoms with van der Waals surface area (Å²) in [7, 11) is 0. The Balaban J connectivity index is 2.25. The van der Waals surface area contributed by atoms with Gasteiger partial charge in [0.2, 0.25) is 0 Å². The Morgan fingerprint density at radius 1 is 1.59 bits per heavy atom. The maximum Gasteiger partial charge on any atom is 0.259 e. The molecular weight excluding hydrogens is 318 g/mol. The van der Waals surface area contributed by atoms with Crippen LogP contribution in [-0.2, 0) is 0 Å². The van der Waals surface area contributed by atoms with Crippen LogP contribution in [0.15, 0.2) is 41.0 Å². The van der Waals surface area contributed by atoms with Gasteiger partial charge in [-0.2, -0.15) is 10.4 Å². The predicted octanol–water partition coefficient (Wildman–Crippen LogP) is 2.93. The minimum absolute atomic E-state index is 0.292. The second kappa shape index (κ2) is 7.68. The first-order valence-electron chi connectivity index (χ1n) is 6.23. The summed E-state index contributed by atoms with van der Waals surface area (Å²) in [6.07, 6.45) is 5.19. The molecule has 0 fully saturated rings. The highest BCUT2D eigenvalue weighted by atomic mass is 32.2. The van der Waals surface area contributed by atoms with Gasteiger partial charge in [-0.1, -0.05) is 6.08 Å². The highest BCUT2D eigenvalue weighted by molar-refractivity contribution is 7.99. The van der Waals surface area contributed by atoms with Crippen molar-refractivity contribution >= 4 is 35.2 Å². The third-order valence-electron chi connectivity index (χ3n) is 2.63. The Labute approximate surface area is 136 Å². The number of carbonyl (C=O) groups excluding carboxylic acids is 1. The molecule has 2 heterocycles. The van der Waals surface area contributed by atoms with Crippen molar-refractivity contribution in [2.75, 3.05) is 17.3 Å². The summed E-state index contributed by atoms with van der Waals surface area (Å²) in [6, 6.07) is 5.42. The lowest BCUT2D eigenvalue weighted by Crippen LogP contribution is -2.14. The number of aromatic amines is 1. The molecule has 2 rings (SSSR count). The first-order valence-corrected chi connectivity index (χ1v) is 8.44. The van der Waals surface area contributed by atoms with E-state index in [0.29, 0.717) is 32.7 Å².